The van der Waals surface area contributed by atoms with Crippen LogP contribution in [0, 0.1) is 0 Å². The van der Waals surface area contributed by atoms with E-state index in [-0.39, 0.29) is 24.8 Å². The van der Waals surface area contributed by atoms with Gasteiger partial charge in [-0.1, -0.05) is 29.8 Å². The molecule has 0 radical (unpaired) electrons. The van der Waals surface area contributed by atoms with Gasteiger partial charge >= 0.3 is 0 Å². The minimum absolute atomic E-state index is 0.0200. The van der Waals surface area contributed by atoms with E-state index in [0.29, 0.717) is 23.8 Å². The Morgan fingerprint density at radius 2 is 2.07 bits per heavy atom. The summed E-state index contributed by atoms with van der Waals surface area (Å²) in [7, 11) is 0. The highest BCUT2D eigenvalue weighted by Gasteiger charge is 2.19. The number of aromatic amines is 1. The third-order valence-electron chi connectivity index (χ3n) is 4.64. The van der Waals surface area contributed by atoms with Crippen molar-refractivity contribution in [1.29, 1.82) is 0 Å². The van der Waals surface area contributed by atoms with Gasteiger partial charge < -0.3 is 20.5 Å². The molecule has 1 aliphatic heterocycles. The molecule has 3 aromatic rings. The molecule has 0 unspecified atom stereocenters. The van der Waals surface area contributed by atoms with Gasteiger partial charge in [-0.2, -0.15) is 0 Å². The average molecular weight is 383 g/mol. The SMILES string of the molecule is O=C1CN(c2ccc(NC(=O)Cc3c[nH]c4ccccc34)cc2Cl)CCN1. The first kappa shape index (κ1) is 17.4. The second-order valence-electron chi connectivity index (χ2n) is 6.52. The Hall–Kier alpha value is -2.99. The van der Waals surface area contributed by atoms with Crippen molar-refractivity contribution in [3.63, 3.8) is 0 Å². The molecule has 1 saturated heterocycles. The summed E-state index contributed by atoms with van der Waals surface area (Å²) in [6, 6.07) is 13.2. The molecule has 0 saturated carbocycles. The van der Waals surface area contributed by atoms with Gasteiger partial charge in [-0.05, 0) is 29.8 Å². The molecule has 7 heteroatoms. The van der Waals surface area contributed by atoms with Gasteiger partial charge in [0.1, 0.15) is 0 Å². The molecular weight excluding hydrogens is 364 g/mol. The zero-order chi connectivity index (χ0) is 18.8. The summed E-state index contributed by atoms with van der Waals surface area (Å²) in [5.41, 5.74) is 3.39. The van der Waals surface area contributed by atoms with Crippen LogP contribution < -0.4 is 15.5 Å². The second kappa shape index (κ2) is 7.32. The molecule has 27 heavy (non-hydrogen) atoms. The summed E-state index contributed by atoms with van der Waals surface area (Å²) in [4.78, 5) is 29.1. The zero-order valence-corrected chi connectivity index (χ0v) is 15.3. The highest BCUT2D eigenvalue weighted by atomic mass is 35.5. The maximum absolute atomic E-state index is 12.4. The number of halogens is 1. The number of nitrogens with zero attached hydrogens (tertiary/aromatic N) is 1. The normalized spacial score (nSPS) is 14.3. The summed E-state index contributed by atoms with van der Waals surface area (Å²) in [5.74, 6) is -0.130. The van der Waals surface area contributed by atoms with E-state index in [9.17, 15) is 9.59 Å². The fourth-order valence-corrected chi connectivity index (χ4v) is 3.64. The van der Waals surface area contributed by atoms with E-state index in [0.717, 1.165) is 22.2 Å². The standard InChI is InChI=1S/C20H19ClN4O2/c21-16-10-14(5-6-18(16)25-8-7-22-20(27)12-25)24-19(26)9-13-11-23-17-4-2-1-3-15(13)17/h1-6,10-11,23H,7-9,12H2,(H,22,27)(H,24,26). The summed E-state index contributed by atoms with van der Waals surface area (Å²) in [6.45, 7) is 1.59. The Morgan fingerprint density at radius 1 is 1.22 bits per heavy atom. The number of para-hydroxylation sites is 1. The van der Waals surface area contributed by atoms with Gasteiger partial charge in [-0.15, -0.1) is 0 Å². The van der Waals surface area contributed by atoms with Crippen LogP contribution in [0.1, 0.15) is 5.56 Å². The number of benzene rings is 2. The van der Waals surface area contributed by atoms with Crippen molar-refractivity contribution in [3.8, 4) is 0 Å². The number of rotatable bonds is 4. The second-order valence-corrected chi connectivity index (χ2v) is 6.93. The number of fused-ring (bicyclic) bond motifs is 1. The van der Waals surface area contributed by atoms with E-state index >= 15 is 0 Å². The first-order chi connectivity index (χ1) is 13.1. The Kier molecular flexibility index (Phi) is 4.73. The van der Waals surface area contributed by atoms with E-state index in [1.165, 1.54) is 0 Å². The van der Waals surface area contributed by atoms with Gasteiger partial charge in [0.25, 0.3) is 0 Å². The zero-order valence-electron chi connectivity index (χ0n) is 14.6. The third-order valence-corrected chi connectivity index (χ3v) is 4.94. The molecule has 0 spiro atoms. The predicted octanol–water partition coefficient (Wildman–Crippen LogP) is 2.94. The van der Waals surface area contributed by atoms with Crippen LogP contribution in [0.4, 0.5) is 11.4 Å². The molecule has 2 amide bonds. The highest BCUT2D eigenvalue weighted by Crippen LogP contribution is 2.29. The maximum Gasteiger partial charge on any atom is 0.239 e. The number of carbonyl (C=O) groups excluding carboxylic acids is 2. The number of carbonyl (C=O) groups is 2. The lowest BCUT2D eigenvalue weighted by Gasteiger charge is -2.29. The first-order valence-corrected chi connectivity index (χ1v) is 9.14. The van der Waals surface area contributed by atoms with E-state index in [1.54, 1.807) is 12.1 Å². The number of piperazine rings is 1. The fourth-order valence-electron chi connectivity index (χ4n) is 3.34. The van der Waals surface area contributed by atoms with E-state index in [2.05, 4.69) is 15.6 Å². The number of aromatic nitrogens is 1. The molecule has 4 rings (SSSR count). The van der Waals surface area contributed by atoms with E-state index < -0.39 is 0 Å². The van der Waals surface area contributed by atoms with Gasteiger partial charge in [0, 0.05) is 35.9 Å². The molecule has 3 N–H and O–H groups in total. The quantitative estimate of drug-likeness (QED) is 0.649. The predicted molar refractivity (Wildman–Crippen MR) is 107 cm³/mol. The monoisotopic (exact) mass is 382 g/mol. The molecule has 0 atom stereocenters. The number of nitrogens with one attached hydrogen (secondary N) is 3. The van der Waals surface area contributed by atoms with Crippen LogP contribution in [-0.2, 0) is 16.0 Å². The van der Waals surface area contributed by atoms with Gasteiger partial charge in [0.05, 0.1) is 23.7 Å². The highest BCUT2D eigenvalue weighted by molar-refractivity contribution is 6.33. The topological polar surface area (TPSA) is 77.2 Å². The Morgan fingerprint density at radius 3 is 2.89 bits per heavy atom. The summed E-state index contributed by atoms with van der Waals surface area (Å²) in [6.07, 6.45) is 2.14. The smallest absolute Gasteiger partial charge is 0.239 e. The molecule has 0 aliphatic carbocycles. The van der Waals surface area contributed by atoms with Crippen LogP contribution in [0.2, 0.25) is 5.02 Å². The Balaban J connectivity index is 1.45. The van der Waals surface area contributed by atoms with E-state index in [4.69, 9.17) is 11.6 Å². The number of hydrogen-bond acceptors (Lipinski definition) is 3. The van der Waals surface area contributed by atoms with E-state index in [1.807, 2.05) is 41.4 Å². The Labute approximate surface area is 161 Å². The van der Waals surface area contributed by atoms with Crippen LogP contribution in [0.3, 0.4) is 0 Å². The van der Waals surface area contributed by atoms with Crippen LogP contribution in [-0.4, -0.2) is 36.4 Å². The summed E-state index contributed by atoms with van der Waals surface area (Å²) >= 11 is 6.39. The molecule has 2 heterocycles. The lowest BCUT2D eigenvalue weighted by molar-refractivity contribution is -0.120. The number of hydrogen-bond donors (Lipinski definition) is 3. The van der Waals surface area contributed by atoms with Crippen molar-refractivity contribution >= 4 is 45.7 Å². The number of amides is 2. The lowest BCUT2D eigenvalue weighted by atomic mass is 10.1. The third kappa shape index (κ3) is 3.75. The van der Waals surface area contributed by atoms with Gasteiger partial charge in [-0.3, -0.25) is 9.59 Å². The van der Waals surface area contributed by atoms with Crippen molar-refractivity contribution in [2.45, 2.75) is 6.42 Å². The van der Waals surface area contributed by atoms with Crippen molar-refractivity contribution < 1.29 is 9.59 Å². The molecule has 1 fully saturated rings. The molecule has 1 aromatic heterocycles. The van der Waals surface area contributed by atoms with Gasteiger partial charge in [-0.25, -0.2) is 0 Å². The van der Waals surface area contributed by atoms with Crippen molar-refractivity contribution in [3.05, 3.63) is 59.2 Å². The number of anilines is 2. The minimum Gasteiger partial charge on any atom is -0.361 e. The molecule has 6 nitrogen and oxygen atoms in total. The van der Waals surface area contributed by atoms with Gasteiger partial charge in [0.2, 0.25) is 11.8 Å². The Bertz CT molecular complexity index is 1010. The van der Waals surface area contributed by atoms with Crippen molar-refractivity contribution in [1.82, 2.24) is 10.3 Å². The summed E-state index contributed by atoms with van der Waals surface area (Å²) in [5, 5.41) is 7.23. The summed E-state index contributed by atoms with van der Waals surface area (Å²) < 4.78 is 0. The first-order valence-electron chi connectivity index (χ1n) is 8.76. The van der Waals surface area contributed by atoms with Crippen molar-refractivity contribution in [2.75, 3.05) is 29.9 Å². The maximum atomic E-state index is 12.4. The van der Waals surface area contributed by atoms with Crippen LogP contribution >= 0.6 is 11.6 Å². The lowest BCUT2D eigenvalue weighted by Crippen LogP contribution is -2.47. The molecule has 0 bridgehead atoms. The van der Waals surface area contributed by atoms with Crippen LogP contribution in [0.15, 0.2) is 48.7 Å². The number of H-pyrrole nitrogens is 1. The molecule has 1 aliphatic rings. The largest absolute Gasteiger partial charge is 0.361 e. The fraction of sp³-hybridized carbons (Fsp3) is 0.200. The molecule has 2 aromatic carbocycles. The minimum atomic E-state index is -0.110. The average Bonchev–Trinajstić information content (AvgIpc) is 3.05. The van der Waals surface area contributed by atoms with Crippen LogP contribution in [0.5, 0.6) is 0 Å². The van der Waals surface area contributed by atoms with Crippen LogP contribution in [0.25, 0.3) is 10.9 Å². The molecule has 138 valence electrons. The molecular formula is C20H19ClN4O2. The van der Waals surface area contributed by atoms with Gasteiger partial charge in [0.15, 0.2) is 0 Å². The van der Waals surface area contributed by atoms with Crippen molar-refractivity contribution in [2.24, 2.45) is 0 Å².